The second-order valence-electron chi connectivity index (χ2n) is 5.39. The predicted octanol–water partition coefficient (Wildman–Crippen LogP) is 5.58. The molecule has 21 heavy (non-hydrogen) atoms. The van der Waals surface area contributed by atoms with E-state index in [0.29, 0.717) is 12.5 Å². The van der Waals surface area contributed by atoms with Crippen molar-refractivity contribution in [2.75, 3.05) is 11.9 Å². The zero-order valence-electron chi connectivity index (χ0n) is 12.0. The molecule has 0 heterocycles. The van der Waals surface area contributed by atoms with E-state index >= 15 is 0 Å². The average Bonchev–Trinajstić information content (AvgIpc) is 2.45. The van der Waals surface area contributed by atoms with Gasteiger partial charge in [-0.1, -0.05) is 44.2 Å². The molecule has 0 bridgehead atoms. The molecule has 0 saturated heterocycles. The van der Waals surface area contributed by atoms with E-state index in [-0.39, 0.29) is 16.1 Å². The smallest absolute Gasteiger partial charge is 0.147 e. The summed E-state index contributed by atoms with van der Waals surface area (Å²) in [5.41, 5.74) is 1.38. The molecule has 0 radical (unpaired) electrons. The van der Waals surface area contributed by atoms with E-state index in [1.54, 1.807) is 0 Å². The minimum Gasteiger partial charge on any atom is -0.382 e. The van der Waals surface area contributed by atoms with Gasteiger partial charge in [-0.25, -0.2) is 8.78 Å². The summed E-state index contributed by atoms with van der Waals surface area (Å²) < 4.78 is 27.5. The lowest BCUT2D eigenvalue weighted by atomic mass is 9.88. The SMILES string of the molecule is CC(C)C(CNc1cc(F)c(Br)cc1F)c1ccccc1. The normalized spacial score (nSPS) is 12.5. The van der Waals surface area contributed by atoms with Crippen LogP contribution in [0.15, 0.2) is 46.9 Å². The second kappa shape index (κ2) is 7.03. The maximum Gasteiger partial charge on any atom is 0.147 e. The van der Waals surface area contributed by atoms with Crippen molar-refractivity contribution >= 4 is 21.6 Å². The molecule has 0 fully saturated rings. The molecule has 0 aromatic heterocycles. The Kier molecular flexibility index (Phi) is 5.34. The van der Waals surface area contributed by atoms with Crippen molar-refractivity contribution < 1.29 is 8.78 Å². The molecule has 1 atom stereocenters. The zero-order valence-corrected chi connectivity index (χ0v) is 13.6. The summed E-state index contributed by atoms with van der Waals surface area (Å²) in [7, 11) is 0. The van der Waals surface area contributed by atoms with Crippen LogP contribution in [-0.2, 0) is 0 Å². The van der Waals surface area contributed by atoms with Crippen molar-refractivity contribution in [2.45, 2.75) is 19.8 Å². The first-order valence-corrected chi connectivity index (χ1v) is 7.71. The Morgan fingerprint density at radius 2 is 1.71 bits per heavy atom. The van der Waals surface area contributed by atoms with Crippen LogP contribution in [0.25, 0.3) is 0 Å². The lowest BCUT2D eigenvalue weighted by Gasteiger charge is -2.22. The molecule has 1 unspecified atom stereocenters. The van der Waals surface area contributed by atoms with Crippen molar-refractivity contribution in [2.24, 2.45) is 5.92 Å². The number of nitrogens with one attached hydrogen (secondary N) is 1. The highest BCUT2D eigenvalue weighted by Crippen LogP contribution is 2.27. The largest absolute Gasteiger partial charge is 0.382 e. The van der Waals surface area contributed by atoms with Crippen LogP contribution in [0.1, 0.15) is 25.3 Å². The van der Waals surface area contributed by atoms with Crippen LogP contribution in [0.3, 0.4) is 0 Å². The van der Waals surface area contributed by atoms with Crippen LogP contribution in [0.5, 0.6) is 0 Å². The van der Waals surface area contributed by atoms with Gasteiger partial charge in [0.2, 0.25) is 0 Å². The molecule has 0 amide bonds. The molecule has 112 valence electrons. The van der Waals surface area contributed by atoms with Gasteiger partial charge in [-0.3, -0.25) is 0 Å². The third-order valence-electron chi connectivity index (χ3n) is 3.55. The highest BCUT2D eigenvalue weighted by molar-refractivity contribution is 9.10. The fraction of sp³-hybridized carbons (Fsp3) is 0.294. The molecule has 0 spiro atoms. The third kappa shape index (κ3) is 4.03. The summed E-state index contributed by atoms with van der Waals surface area (Å²) in [6.45, 7) is 4.80. The standard InChI is InChI=1S/C17H18BrF2N/c1-11(2)13(12-6-4-3-5-7-12)10-21-17-9-15(19)14(18)8-16(17)20/h3-9,11,13,21H,10H2,1-2H3. The molecule has 0 aliphatic rings. The number of hydrogen-bond acceptors (Lipinski definition) is 1. The van der Waals surface area contributed by atoms with E-state index < -0.39 is 11.6 Å². The minimum absolute atomic E-state index is 0.133. The lowest BCUT2D eigenvalue weighted by Crippen LogP contribution is -2.18. The van der Waals surface area contributed by atoms with Gasteiger partial charge in [-0.15, -0.1) is 0 Å². The van der Waals surface area contributed by atoms with Gasteiger partial charge in [0, 0.05) is 18.5 Å². The van der Waals surface area contributed by atoms with E-state index in [1.807, 2.05) is 18.2 Å². The van der Waals surface area contributed by atoms with Crippen LogP contribution >= 0.6 is 15.9 Å². The van der Waals surface area contributed by atoms with Gasteiger partial charge in [0.05, 0.1) is 10.2 Å². The van der Waals surface area contributed by atoms with Crippen molar-refractivity contribution in [3.8, 4) is 0 Å². The molecule has 2 aromatic rings. The summed E-state index contributed by atoms with van der Waals surface area (Å²) in [6.07, 6.45) is 0. The van der Waals surface area contributed by atoms with Crippen molar-refractivity contribution in [1.29, 1.82) is 0 Å². The molecule has 4 heteroatoms. The van der Waals surface area contributed by atoms with Crippen LogP contribution in [-0.4, -0.2) is 6.54 Å². The first kappa shape index (κ1) is 16.0. The van der Waals surface area contributed by atoms with Crippen LogP contribution < -0.4 is 5.32 Å². The fourth-order valence-electron chi connectivity index (χ4n) is 2.32. The fourth-order valence-corrected chi connectivity index (χ4v) is 2.63. The number of anilines is 1. The third-order valence-corrected chi connectivity index (χ3v) is 4.16. The van der Waals surface area contributed by atoms with E-state index in [4.69, 9.17) is 0 Å². The second-order valence-corrected chi connectivity index (χ2v) is 6.24. The van der Waals surface area contributed by atoms with Crippen molar-refractivity contribution in [3.05, 3.63) is 64.1 Å². The molecule has 0 aliphatic carbocycles. The topological polar surface area (TPSA) is 12.0 Å². The average molecular weight is 354 g/mol. The molecule has 0 saturated carbocycles. The maximum atomic E-state index is 13.8. The quantitative estimate of drug-likeness (QED) is 0.692. The number of halogens is 3. The summed E-state index contributed by atoms with van der Waals surface area (Å²) in [5.74, 6) is -0.306. The Hall–Kier alpha value is -1.42. The van der Waals surface area contributed by atoms with E-state index in [9.17, 15) is 8.78 Å². The van der Waals surface area contributed by atoms with Crippen molar-refractivity contribution in [1.82, 2.24) is 0 Å². The zero-order chi connectivity index (χ0) is 15.4. The Balaban J connectivity index is 2.15. The molecular formula is C17H18BrF2N. The number of rotatable bonds is 5. The van der Waals surface area contributed by atoms with Gasteiger partial charge in [0.15, 0.2) is 0 Å². The first-order valence-electron chi connectivity index (χ1n) is 6.92. The minimum atomic E-state index is -0.472. The van der Waals surface area contributed by atoms with Gasteiger partial charge < -0.3 is 5.32 Å². The highest BCUT2D eigenvalue weighted by Gasteiger charge is 2.16. The number of hydrogen-bond donors (Lipinski definition) is 1. The summed E-state index contributed by atoms with van der Waals surface area (Å²) in [4.78, 5) is 0. The van der Waals surface area contributed by atoms with Gasteiger partial charge in [0.25, 0.3) is 0 Å². The van der Waals surface area contributed by atoms with E-state index in [0.717, 1.165) is 6.07 Å². The van der Waals surface area contributed by atoms with Crippen LogP contribution in [0.2, 0.25) is 0 Å². The Bertz CT molecular complexity index is 599. The monoisotopic (exact) mass is 353 g/mol. The molecule has 1 N–H and O–H groups in total. The molecule has 2 rings (SSSR count). The van der Waals surface area contributed by atoms with Gasteiger partial charge in [0.1, 0.15) is 11.6 Å². The Labute approximate surface area is 132 Å². The lowest BCUT2D eigenvalue weighted by molar-refractivity contribution is 0.515. The molecule has 1 nitrogen and oxygen atoms in total. The van der Waals surface area contributed by atoms with Gasteiger partial charge in [-0.2, -0.15) is 0 Å². The number of benzene rings is 2. The summed E-state index contributed by atoms with van der Waals surface area (Å²) in [6, 6.07) is 12.4. The summed E-state index contributed by atoms with van der Waals surface area (Å²) >= 11 is 2.98. The predicted molar refractivity (Wildman–Crippen MR) is 86.6 cm³/mol. The van der Waals surface area contributed by atoms with Crippen molar-refractivity contribution in [3.63, 3.8) is 0 Å². The Morgan fingerprint density at radius 3 is 2.33 bits per heavy atom. The first-order chi connectivity index (χ1) is 9.99. The Morgan fingerprint density at radius 1 is 1.05 bits per heavy atom. The molecular weight excluding hydrogens is 336 g/mol. The molecule has 0 aliphatic heterocycles. The van der Waals surface area contributed by atoms with E-state index in [2.05, 4.69) is 47.2 Å². The van der Waals surface area contributed by atoms with Gasteiger partial charge >= 0.3 is 0 Å². The van der Waals surface area contributed by atoms with Crippen LogP contribution in [0, 0.1) is 17.6 Å². The molecule has 2 aromatic carbocycles. The van der Waals surface area contributed by atoms with Gasteiger partial charge in [-0.05, 0) is 33.5 Å². The van der Waals surface area contributed by atoms with E-state index in [1.165, 1.54) is 11.6 Å². The van der Waals surface area contributed by atoms with Crippen LogP contribution in [0.4, 0.5) is 14.5 Å². The maximum absolute atomic E-state index is 13.8. The summed E-state index contributed by atoms with van der Waals surface area (Å²) in [5, 5.41) is 3.03. The highest BCUT2D eigenvalue weighted by atomic mass is 79.9.